The number of benzene rings is 1. The van der Waals surface area contributed by atoms with Crippen LogP contribution < -0.4 is 4.74 Å². The van der Waals surface area contributed by atoms with Crippen LogP contribution in [0.5, 0.6) is 11.8 Å². The van der Waals surface area contributed by atoms with Gasteiger partial charge in [-0.3, -0.25) is 0 Å². The molecular formula is C13H13FN2O2. The van der Waals surface area contributed by atoms with Gasteiger partial charge in [0.15, 0.2) is 0 Å². The monoisotopic (exact) mass is 248 g/mol. The van der Waals surface area contributed by atoms with E-state index in [1.807, 2.05) is 6.92 Å². The van der Waals surface area contributed by atoms with E-state index in [2.05, 4.69) is 9.97 Å². The van der Waals surface area contributed by atoms with Gasteiger partial charge in [-0.05, 0) is 25.5 Å². The highest BCUT2D eigenvalue weighted by Gasteiger charge is 2.07. The molecule has 4 nitrogen and oxygen atoms in total. The Kier molecular flexibility index (Phi) is 3.53. The van der Waals surface area contributed by atoms with Gasteiger partial charge < -0.3 is 9.84 Å². The van der Waals surface area contributed by atoms with E-state index in [-0.39, 0.29) is 18.4 Å². The Hall–Kier alpha value is -2.01. The van der Waals surface area contributed by atoms with Crippen LogP contribution in [0.3, 0.4) is 0 Å². The Bertz CT molecular complexity index is 573. The number of nitrogens with zero attached hydrogens (tertiary/aromatic N) is 2. The number of hydrogen-bond donors (Lipinski definition) is 1. The molecule has 0 amide bonds. The molecule has 18 heavy (non-hydrogen) atoms. The average molecular weight is 248 g/mol. The molecule has 0 saturated carbocycles. The van der Waals surface area contributed by atoms with Gasteiger partial charge in [0.2, 0.25) is 0 Å². The quantitative estimate of drug-likeness (QED) is 0.906. The van der Waals surface area contributed by atoms with Crippen molar-refractivity contribution >= 4 is 0 Å². The van der Waals surface area contributed by atoms with Crippen LogP contribution in [0.25, 0.3) is 0 Å². The van der Waals surface area contributed by atoms with Gasteiger partial charge >= 0.3 is 6.01 Å². The standard InChI is InChI=1S/C13H13FN2O2/c1-8-3-4-11(14)5-12(8)18-13-15-6-10(7-17)9(2)16-13/h3-6,17H,7H2,1-2H3. The minimum Gasteiger partial charge on any atom is -0.424 e. The number of hydrogen-bond acceptors (Lipinski definition) is 4. The molecule has 0 atom stereocenters. The van der Waals surface area contributed by atoms with E-state index in [0.717, 1.165) is 5.56 Å². The number of aliphatic hydroxyl groups is 1. The van der Waals surface area contributed by atoms with Gasteiger partial charge in [0, 0.05) is 17.8 Å². The molecule has 5 heteroatoms. The highest BCUT2D eigenvalue weighted by molar-refractivity contribution is 5.34. The van der Waals surface area contributed by atoms with Crippen molar-refractivity contribution in [2.75, 3.05) is 0 Å². The summed E-state index contributed by atoms with van der Waals surface area (Å²) in [5.74, 6) is 0.00505. The van der Waals surface area contributed by atoms with Crippen LogP contribution in [-0.2, 0) is 6.61 Å². The van der Waals surface area contributed by atoms with Gasteiger partial charge in [-0.25, -0.2) is 9.37 Å². The first-order valence-corrected chi connectivity index (χ1v) is 5.47. The van der Waals surface area contributed by atoms with Crippen LogP contribution in [0.15, 0.2) is 24.4 Å². The third-order valence-corrected chi connectivity index (χ3v) is 2.58. The third kappa shape index (κ3) is 2.62. The van der Waals surface area contributed by atoms with E-state index in [9.17, 15) is 4.39 Å². The molecule has 94 valence electrons. The van der Waals surface area contributed by atoms with Gasteiger partial charge in [-0.2, -0.15) is 4.98 Å². The second kappa shape index (κ2) is 5.10. The van der Waals surface area contributed by atoms with Crippen molar-refractivity contribution in [3.05, 3.63) is 47.0 Å². The van der Waals surface area contributed by atoms with Crippen molar-refractivity contribution in [3.8, 4) is 11.8 Å². The van der Waals surface area contributed by atoms with Crippen molar-refractivity contribution in [1.29, 1.82) is 0 Å². The lowest BCUT2D eigenvalue weighted by Crippen LogP contribution is -1.99. The summed E-state index contributed by atoms with van der Waals surface area (Å²) in [6.45, 7) is 3.44. The molecule has 0 aliphatic rings. The average Bonchev–Trinajstić information content (AvgIpc) is 2.34. The lowest BCUT2D eigenvalue weighted by atomic mass is 10.2. The van der Waals surface area contributed by atoms with E-state index in [1.165, 1.54) is 18.3 Å². The predicted octanol–water partition coefficient (Wildman–Crippen LogP) is 2.52. The zero-order valence-electron chi connectivity index (χ0n) is 10.1. The molecule has 0 unspecified atom stereocenters. The lowest BCUT2D eigenvalue weighted by molar-refractivity contribution is 0.279. The summed E-state index contributed by atoms with van der Waals surface area (Å²) >= 11 is 0. The molecule has 2 rings (SSSR count). The molecule has 0 bridgehead atoms. The van der Waals surface area contributed by atoms with Gasteiger partial charge in [-0.1, -0.05) is 6.07 Å². The number of aryl methyl sites for hydroxylation is 2. The fourth-order valence-corrected chi connectivity index (χ4v) is 1.46. The zero-order chi connectivity index (χ0) is 13.1. The van der Waals surface area contributed by atoms with Crippen LogP contribution >= 0.6 is 0 Å². The summed E-state index contributed by atoms with van der Waals surface area (Å²) < 4.78 is 18.5. The third-order valence-electron chi connectivity index (χ3n) is 2.58. The molecular weight excluding hydrogens is 235 g/mol. The highest BCUT2D eigenvalue weighted by Crippen LogP contribution is 2.23. The van der Waals surface area contributed by atoms with Gasteiger partial charge in [0.25, 0.3) is 0 Å². The first-order chi connectivity index (χ1) is 8.60. The van der Waals surface area contributed by atoms with Crippen LogP contribution in [-0.4, -0.2) is 15.1 Å². The Morgan fingerprint density at radius 2 is 2.11 bits per heavy atom. The molecule has 0 radical (unpaired) electrons. The number of aromatic nitrogens is 2. The Morgan fingerprint density at radius 3 is 2.78 bits per heavy atom. The summed E-state index contributed by atoms with van der Waals surface area (Å²) in [5.41, 5.74) is 2.07. The number of halogens is 1. The van der Waals surface area contributed by atoms with Crippen LogP contribution in [0.4, 0.5) is 4.39 Å². The molecule has 1 N–H and O–H groups in total. The topological polar surface area (TPSA) is 55.2 Å². The summed E-state index contributed by atoms with van der Waals surface area (Å²) in [5, 5.41) is 9.01. The molecule has 0 aliphatic heterocycles. The van der Waals surface area contributed by atoms with Crippen LogP contribution in [0, 0.1) is 19.7 Å². The SMILES string of the molecule is Cc1ccc(F)cc1Oc1ncc(CO)c(C)n1. The molecule has 1 heterocycles. The van der Waals surface area contributed by atoms with Gasteiger partial charge in [0.1, 0.15) is 11.6 Å². The second-order valence-corrected chi connectivity index (χ2v) is 3.93. The maximum Gasteiger partial charge on any atom is 0.322 e. The number of ether oxygens (including phenoxy) is 1. The second-order valence-electron chi connectivity index (χ2n) is 3.93. The Morgan fingerprint density at radius 1 is 1.33 bits per heavy atom. The van der Waals surface area contributed by atoms with Crippen molar-refractivity contribution in [1.82, 2.24) is 9.97 Å². The molecule has 0 fully saturated rings. The van der Waals surface area contributed by atoms with Gasteiger partial charge in [0.05, 0.1) is 12.3 Å². The van der Waals surface area contributed by atoms with Crippen LogP contribution in [0.2, 0.25) is 0 Å². The summed E-state index contributed by atoms with van der Waals surface area (Å²) in [6.07, 6.45) is 1.49. The molecule has 0 aliphatic carbocycles. The predicted molar refractivity (Wildman–Crippen MR) is 63.9 cm³/mol. The van der Waals surface area contributed by atoms with Crippen molar-refractivity contribution in [2.24, 2.45) is 0 Å². The Labute approximate surface area is 104 Å². The fraction of sp³-hybridized carbons (Fsp3) is 0.231. The largest absolute Gasteiger partial charge is 0.424 e. The molecule has 1 aromatic carbocycles. The van der Waals surface area contributed by atoms with E-state index in [1.54, 1.807) is 13.0 Å². The minimum absolute atomic E-state index is 0.120. The maximum absolute atomic E-state index is 13.1. The first kappa shape index (κ1) is 12.4. The van der Waals surface area contributed by atoms with Crippen molar-refractivity contribution < 1.29 is 14.2 Å². The smallest absolute Gasteiger partial charge is 0.322 e. The highest BCUT2D eigenvalue weighted by atomic mass is 19.1. The normalized spacial score (nSPS) is 10.4. The number of rotatable bonds is 3. The molecule has 0 spiro atoms. The summed E-state index contributed by atoms with van der Waals surface area (Å²) in [7, 11) is 0. The lowest BCUT2D eigenvalue weighted by Gasteiger charge is -2.08. The maximum atomic E-state index is 13.1. The van der Waals surface area contributed by atoms with E-state index in [4.69, 9.17) is 9.84 Å². The van der Waals surface area contributed by atoms with Gasteiger partial charge in [-0.15, -0.1) is 0 Å². The molecule has 1 aromatic heterocycles. The van der Waals surface area contributed by atoms with Crippen LogP contribution in [0.1, 0.15) is 16.8 Å². The van der Waals surface area contributed by atoms with E-state index < -0.39 is 0 Å². The Balaban J connectivity index is 2.28. The molecule has 0 saturated heterocycles. The van der Waals surface area contributed by atoms with Crippen molar-refractivity contribution in [2.45, 2.75) is 20.5 Å². The zero-order valence-corrected chi connectivity index (χ0v) is 10.1. The summed E-state index contributed by atoms with van der Waals surface area (Å²) in [6, 6.07) is 4.41. The summed E-state index contributed by atoms with van der Waals surface area (Å²) in [4.78, 5) is 8.05. The van der Waals surface area contributed by atoms with E-state index in [0.29, 0.717) is 17.0 Å². The van der Waals surface area contributed by atoms with E-state index >= 15 is 0 Å². The van der Waals surface area contributed by atoms with Crippen molar-refractivity contribution in [3.63, 3.8) is 0 Å². The number of aliphatic hydroxyl groups excluding tert-OH is 1. The fourth-order valence-electron chi connectivity index (χ4n) is 1.46. The first-order valence-electron chi connectivity index (χ1n) is 5.47. The minimum atomic E-state index is -0.376. The molecule has 2 aromatic rings.